The summed E-state index contributed by atoms with van der Waals surface area (Å²) in [5, 5.41) is 2.49. The Bertz CT molecular complexity index is 938. The fourth-order valence-electron chi connectivity index (χ4n) is 4.17. The third-order valence-corrected chi connectivity index (χ3v) is 5.70. The minimum atomic E-state index is 0.585. The minimum Gasteiger partial charge on any atom is -0.379 e. The Morgan fingerprint density at radius 3 is 2.67 bits per heavy atom. The molecule has 0 amide bonds. The average molecular weight is 360 g/mol. The maximum absolute atomic E-state index is 5.49. The summed E-state index contributed by atoms with van der Waals surface area (Å²) in [5.41, 5.74) is 2.13. The summed E-state index contributed by atoms with van der Waals surface area (Å²) in [6.07, 6.45) is 3.05. The molecule has 2 aliphatic heterocycles. The first-order chi connectivity index (χ1) is 13.4. The first-order valence-corrected chi connectivity index (χ1v) is 9.76. The molecule has 0 N–H and O–H groups in total. The summed E-state index contributed by atoms with van der Waals surface area (Å²) in [5.74, 6) is 0.844. The van der Waals surface area contributed by atoms with Gasteiger partial charge in [0.05, 0.1) is 18.9 Å². The van der Waals surface area contributed by atoms with E-state index in [4.69, 9.17) is 9.72 Å². The van der Waals surface area contributed by atoms with Crippen LogP contribution in [0.15, 0.2) is 54.7 Å². The van der Waals surface area contributed by atoms with E-state index in [0.717, 1.165) is 56.6 Å². The zero-order chi connectivity index (χ0) is 18.1. The van der Waals surface area contributed by atoms with Gasteiger partial charge in [-0.05, 0) is 29.3 Å². The molecule has 2 aliphatic rings. The van der Waals surface area contributed by atoms with Crippen molar-refractivity contribution in [2.45, 2.75) is 12.5 Å². The zero-order valence-corrected chi connectivity index (χ0v) is 15.4. The number of fused-ring (bicyclic) bond motifs is 1. The van der Waals surface area contributed by atoms with Crippen molar-refractivity contribution in [1.82, 2.24) is 14.9 Å². The molecule has 1 aromatic heterocycles. The summed E-state index contributed by atoms with van der Waals surface area (Å²) in [6, 6.07) is 17.5. The van der Waals surface area contributed by atoms with Gasteiger partial charge in [-0.1, -0.05) is 36.4 Å². The van der Waals surface area contributed by atoms with Gasteiger partial charge in [0.25, 0.3) is 0 Å². The Hall–Kier alpha value is -2.50. The van der Waals surface area contributed by atoms with Crippen molar-refractivity contribution in [3.05, 3.63) is 54.7 Å². The van der Waals surface area contributed by atoms with Crippen LogP contribution >= 0.6 is 0 Å². The highest BCUT2D eigenvalue weighted by Crippen LogP contribution is 2.26. The van der Waals surface area contributed by atoms with E-state index in [1.807, 2.05) is 12.3 Å². The molecule has 5 nitrogen and oxygen atoms in total. The van der Waals surface area contributed by atoms with Gasteiger partial charge in [0.1, 0.15) is 0 Å². The van der Waals surface area contributed by atoms with Crippen molar-refractivity contribution in [2.75, 3.05) is 44.3 Å². The van der Waals surface area contributed by atoms with E-state index in [2.05, 4.69) is 57.2 Å². The summed E-state index contributed by atoms with van der Waals surface area (Å²) in [7, 11) is 0. The molecule has 5 rings (SSSR count). The standard InChI is InChI=1S/C22H24N4O/c1-2-4-18-15-19(6-5-17(18)3-1)21-7-9-23-22(24-21)26-10-8-20(16-26)25-11-13-27-14-12-25/h1-7,9,15,20H,8,10-14,16H2/t20-/m0/s1. The van der Waals surface area contributed by atoms with Gasteiger partial charge >= 0.3 is 0 Å². The van der Waals surface area contributed by atoms with E-state index in [0.29, 0.717) is 6.04 Å². The molecule has 3 heterocycles. The van der Waals surface area contributed by atoms with Crippen molar-refractivity contribution >= 4 is 16.7 Å². The van der Waals surface area contributed by atoms with Gasteiger partial charge < -0.3 is 9.64 Å². The molecule has 27 heavy (non-hydrogen) atoms. The third-order valence-electron chi connectivity index (χ3n) is 5.70. The molecular formula is C22H24N4O. The highest BCUT2D eigenvalue weighted by molar-refractivity contribution is 5.86. The van der Waals surface area contributed by atoms with Gasteiger partial charge in [-0.15, -0.1) is 0 Å². The van der Waals surface area contributed by atoms with Crippen LogP contribution in [0.2, 0.25) is 0 Å². The van der Waals surface area contributed by atoms with Crippen LogP contribution in [-0.2, 0) is 4.74 Å². The normalized spacial score (nSPS) is 21.0. The van der Waals surface area contributed by atoms with Crippen molar-refractivity contribution in [3.8, 4) is 11.3 Å². The van der Waals surface area contributed by atoms with Gasteiger partial charge in [-0.2, -0.15) is 0 Å². The lowest BCUT2D eigenvalue weighted by atomic mass is 10.1. The van der Waals surface area contributed by atoms with E-state index in [-0.39, 0.29) is 0 Å². The Labute approximate surface area is 159 Å². The molecular weight excluding hydrogens is 336 g/mol. The first-order valence-electron chi connectivity index (χ1n) is 9.76. The molecule has 0 aliphatic carbocycles. The van der Waals surface area contributed by atoms with Crippen LogP contribution in [-0.4, -0.2) is 60.3 Å². The lowest BCUT2D eigenvalue weighted by Gasteiger charge is -2.32. The van der Waals surface area contributed by atoms with E-state index in [1.54, 1.807) is 0 Å². The smallest absolute Gasteiger partial charge is 0.225 e. The summed E-state index contributed by atoms with van der Waals surface area (Å²) >= 11 is 0. The lowest BCUT2D eigenvalue weighted by molar-refractivity contribution is 0.0209. The molecule has 0 unspecified atom stereocenters. The Morgan fingerprint density at radius 2 is 1.78 bits per heavy atom. The van der Waals surface area contributed by atoms with Gasteiger partial charge in [-0.3, -0.25) is 4.90 Å². The number of morpholine rings is 1. The number of benzene rings is 2. The molecule has 2 aromatic carbocycles. The Morgan fingerprint density at radius 1 is 0.926 bits per heavy atom. The molecule has 1 atom stereocenters. The van der Waals surface area contributed by atoms with Crippen molar-refractivity contribution in [2.24, 2.45) is 0 Å². The van der Waals surface area contributed by atoms with Crippen molar-refractivity contribution in [1.29, 1.82) is 0 Å². The quantitative estimate of drug-likeness (QED) is 0.717. The third kappa shape index (κ3) is 3.40. The molecule has 0 bridgehead atoms. The SMILES string of the molecule is c1ccc2cc(-c3ccnc(N4CC[C@H](N5CCOCC5)C4)n3)ccc2c1. The molecule has 0 saturated carbocycles. The molecule has 0 spiro atoms. The van der Waals surface area contributed by atoms with E-state index in [9.17, 15) is 0 Å². The Kier molecular flexibility index (Phi) is 4.47. The van der Waals surface area contributed by atoms with Gasteiger partial charge in [0.2, 0.25) is 5.95 Å². The Balaban J connectivity index is 1.37. The van der Waals surface area contributed by atoms with Crippen LogP contribution in [0.25, 0.3) is 22.0 Å². The fourth-order valence-corrected chi connectivity index (χ4v) is 4.17. The highest BCUT2D eigenvalue weighted by Gasteiger charge is 2.30. The van der Waals surface area contributed by atoms with Crippen LogP contribution in [0.3, 0.4) is 0 Å². The molecule has 5 heteroatoms. The number of anilines is 1. The van der Waals surface area contributed by atoms with Crippen LogP contribution < -0.4 is 4.90 Å². The molecule has 138 valence electrons. The number of aromatic nitrogens is 2. The zero-order valence-electron chi connectivity index (χ0n) is 15.4. The fraction of sp³-hybridized carbons (Fsp3) is 0.364. The first kappa shape index (κ1) is 16.7. The van der Waals surface area contributed by atoms with E-state index >= 15 is 0 Å². The van der Waals surface area contributed by atoms with Gasteiger partial charge in [0, 0.05) is 44.0 Å². The summed E-state index contributed by atoms with van der Waals surface area (Å²) < 4.78 is 5.49. The lowest BCUT2D eigenvalue weighted by Crippen LogP contribution is -2.44. The molecule has 2 saturated heterocycles. The maximum Gasteiger partial charge on any atom is 0.225 e. The topological polar surface area (TPSA) is 41.5 Å². The monoisotopic (exact) mass is 360 g/mol. The number of rotatable bonds is 3. The van der Waals surface area contributed by atoms with E-state index < -0.39 is 0 Å². The number of ether oxygens (including phenoxy) is 1. The molecule has 2 fully saturated rings. The number of nitrogens with zero attached hydrogens (tertiary/aromatic N) is 4. The largest absolute Gasteiger partial charge is 0.379 e. The van der Waals surface area contributed by atoms with Crippen LogP contribution in [0, 0.1) is 0 Å². The predicted molar refractivity (Wildman–Crippen MR) is 108 cm³/mol. The second kappa shape index (κ2) is 7.25. The van der Waals surface area contributed by atoms with Crippen LogP contribution in [0.4, 0.5) is 5.95 Å². The number of hydrogen-bond acceptors (Lipinski definition) is 5. The van der Waals surface area contributed by atoms with Crippen molar-refractivity contribution in [3.63, 3.8) is 0 Å². The van der Waals surface area contributed by atoms with Crippen LogP contribution in [0.5, 0.6) is 0 Å². The summed E-state index contributed by atoms with van der Waals surface area (Å²) in [4.78, 5) is 14.3. The molecule has 0 radical (unpaired) electrons. The van der Waals surface area contributed by atoms with Gasteiger partial charge in [0.15, 0.2) is 0 Å². The maximum atomic E-state index is 5.49. The summed E-state index contributed by atoms with van der Waals surface area (Å²) in [6.45, 7) is 5.80. The van der Waals surface area contributed by atoms with Crippen LogP contribution in [0.1, 0.15) is 6.42 Å². The van der Waals surface area contributed by atoms with E-state index in [1.165, 1.54) is 17.2 Å². The highest BCUT2D eigenvalue weighted by atomic mass is 16.5. The number of hydrogen-bond donors (Lipinski definition) is 0. The minimum absolute atomic E-state index is 0.585. The van der Waals surface area contributed by atoms with Gasteiger partial charge in [-0.25, -0.2) is 9.97 Å². The average Bonchev–Trinajstić information content (AvgIpc) is 3.25. The van der Waals surface area contributed by atoms with Crippen molar-refractivity contribution < 1.29 is 4.74 Å². The predicted octanol–water partition coefficient (Wildman–Crippen LogP) is 3.21. The molecule has 3 aromatic rings. The second-order valence-corrected chi connectivity index (χ2v) is 7.34. The second-order valence-electron chi connectivity index (χ2n) is 7.34.